The van der Waals surface area contributed by atoms with Crippen LogP contribution in [-0.4, -0.2) is 36.8 Å². The average molecular weight is 372 g/mol. The lowest BCUT2D eigenvalue weighted by atomic mass is 10.2. The van der Waals surface area contributed by atoms with Crippen LogP contribution in [0.2, 0.25) is 0 Å². The maximum atomic E-state index is 5.71. The van der Waals surface area contributed by atoms with E-state index in [4.69, 9.17) is 18.6 Å². The monoisotopic (exact) mass is 372 g/mol. The van der Waals surface area contributed by atoms with Gasteiger partial charge in [0.2, 0.25) is 5.89 Å². The molecule has 0 saturated heterocycles. The molecule has 26 heavy (non-hydrogen) atoms. The number of aryl methyl sites for hydroxylation is 1. The quantitative estimate of drug-likeness (QED) is 0.433. The zero-order valence-electron chi connectivity index (χ0n) is 14.9. The average Bonchev–Trinajstić information content (AvgIpc) is 3.13. The Balaban J connectivity index is 1.56. The summed E-state index contributed by atoms with van der Waals surface area (Å²) in [5.41, 5.74) is 1.95. The standard InChI is InChI=1S/C19H20N2O4S/c1-13-5-4-6-15(11-13)24-9-10-26-19-21-20-18(25-19)14-7-8-16(22-2)17(12-14)23-3/h4-8,11-12H,9-10H2,1-3H3. The van der Waals surface area contributed by atoms with Crippen LogP contribution in [0.15, 0.2) is 52.1 Å². The van der Waals surface area contributed by atoms with Crippen molar-refractivity contribution in [3.8, 4) is 28.7 Å². The summed E-state index contributed by atoms with van der Waals surface area (Å²) in [6.07, 6.45) is 0. The lowest BCUT2D eigenvalue weighted by Gasteiger charge is -2.07. The molecule has 0 bridgehead atoms. The highest BCUT2D eigenvalue weighted by atomic mass is 32.2. The van der Waals surface area contributed by atoms with Crippen molar-refractivity contribution in [3.63, 3.8) is 0 Å². The number of hydrogen-bond donors (Lipinski definition) is 0. The lowest BCUT2D eigenvalue weighted by molar-refractivity contribution is 0.343. The highest BCUT2D eigenvalue weighted by Crippen LogP contribution is 2.32. The predicted octanol–water partition coefficient (Wildman–Crippen LogP) is 4.23. The van der Waals surface area contributed by atoms with Crippen LogP contribution in [0, 0.1) is 6.92 Å². The molecular formula is C19H20N2O4S. The Kier molecular flexibility index (Phi) is 6.01. The molecule has 7 heteroatoms. The minimum Gasteiger partial charge on any atom is -0.493 e. The summed E-state index contributed by atoms with van der Waals surface area (Å²) in [5.74, 6) is 3.28. The Bertz CT molecular complexity index is 866. The van der Waals surface area contributed by atoms with E-state index in [0.29, 0.717) is 35.0 Å². The molecule has 0 amide bonds. The summed E-state index contributed by atoms with van der Waals surface area (Å²) in [4.78, 5) is 0. The van der Waals surface area contributed by atoms with E-state index in [0.717, 1.165) is 11.3 Å². The number of thioether (sulfide) groups is 1. The van der Waals surface area contributed by atoms with Crippen LogP contribution >= 0.6 is 11.8 Å². The maximum Gasteiger partial charge on any atom is 0.276 e. The molecule has 2 aromatic carbocycles. The van der Waals surface area contributed by atoms with E-state index in [9.17, 15) is 0 Å². The summed E-state index contributed by atoms with van der Waals surface area (Å²) < 4.78 is 21.9. The van der Waals surface area contributed by atoms with Crippen molar-refractivity contribution in [3.05, 3.63) is 48.0 Å². The molecule has 0 aliphatic carbocycles. The van der Waals surface area contributed by atoms with E-state index in [1.54, 1.807) is 20.3 Å². The smallest absolute Gasteiger partial charge is 0.276 e. The first-order valence-corrected chi connectivity index (χ1v) is 9.06. The zero-order chi connectivity index (χ0) is 18.4. The number of ether oxygens (including phenoxy) is 3. The van der Waals surface area contributed by atoms with Crippen molar-refractivity contribution in [1.29, 1.82) is 0 Å². The molecule has 3 rings (SSSR count). The molecule has 0 unspecified atom stereocenters. The van der Waals surface area contributed by atoms with Crippen molar-refractivity contribution in [1.82, 2.24) is 10.2 Å². The first-order chi connectivity index (χ1) is 12.7. The minimum absolute atomic E-state index is 0.438. The van der Waals surface area contributed by atoms with Crippen molar-refractivity contribution < 1.29 is 18.6 Å². The Morgan fingerprint density at radius 2 is 1.85 bits per heavy atom. The fourth-order valence-corrected chi connectivity index (χ4v) is 2.93. The SMILES string of the molecule is COc1ccc(-c2nnc(SCCOc3cccc(C)c3)o2)cc1OC. The molecule has 0 aliphatic rings. The number of hydrogen-bond acceptors (Lipinski definition) is 7. The second-order valence-corrected chi connectivity index (χ2v) is 6.50. The summed E-state index contributed by atoms with van der Waals surface area (Å²) in [6, 6.07) is 13.4. The fraction of sp³-hybridized carbons (Fsp3) is 0.263. The molecule has 3 aromatic rings. The van der Waals surface area contributed by atoms with Gasteiger partial charge in [-0.15, -0.1) is 10.2 Å². The number of nitrogens with zero attached hydrogens (tertiary/aromatic N) is 2. The number of rotatable bonds is 8. The molecule has 136 valence electrons. The molecule has 0 atom stereocenters. The van der Waals surface area contributed by atoms with Gasteiger partial charge in [0.1, 0.15) is 5.75 Å². The molecular weight excluding hydrogens is 352 g/mol. The second kappa shape index (κ2) is 8.62. The van der Waals surface area contributed by atoms with Gasteiger partial charge in [0, 0.05) is 11.3 Å². The zero-order valence-corrected chi connectivity index (χ0v) is 15.7. The van der Waals surface area contributed by atoms with E-state index < -0.39 is 0 Å². The topological polar surface area (TPSA) is 66.6 Å². The van der Waals surface area contributed by atoms with Crippen molar-refractivity contribution in [2.45, 2.75) is 12.1 Å². The van der Waals surface area contributed by atoms with Crippen LogP contribution in [-0.2, 0) is 0 Å². The van der Waals surface area contributed by atoms with E-state index in [2.05, 4.69) is 10.2 Å². The highest BCUT2D eigenvalue weighted by molar-refractivity contribution is 7.99. The highest BCUT2D eigenvalue weighted by Gasteiger charge is 2.12. The van der Waals surface area contributed by atoms with Gasteiger partial charge in [0.15, 0.2) is 11.5 Å². The molecule has 1 heterocycles. The van der Waals surface area contributed by atoms with Gasteiger partial charge in [-0.1, -0.05) is 23.9 Å². The molecule has 0 spiro atoms. The van der Waals surface area contributed by atoms with Crippen LogP contribution in [0.3, 0.4) is 0 Å². The number of benzene rings is 2. The van der Waals surface area contributed by atoms with Crippen LogP contribution < -0.4 is 14.2 Å². The van der Waals surface area contributed by atoms with E-state index >= 15 is 0 Å². The fourth-order valence-electron chi connectivity index (χ4n) is 2.35. The summed E-state index contributed by atoms with van der Waals surface area (Å²) in [6.45, 7) is 2.60. The van der Waals surface area contributed by atoms with Gasteiger partial charge in [-0.3, -0.25) is 0 Å². The maximum absolute atomic E-state index is 5.71. The van der Waals surface area contributed by atoms with Gasteiger partial charge in [0.05, 0.1) is 20.8 Å². The van der Waals surface area contributed by atoms with Gasteiger partial charge < -0.3 is 18.6 Å². The molecule has 0 saturated carbocycles. The van der Waals surface area contributed by atoms with Gasteiger partial charge in [-0.25, -0.2) is 0 Å². The van der Waals surface area contributed by atoms with Gasteiger partial charge in [-0.05, 0) is 42.8 Å². The van der Waals surface area contributed by atoms with Crippen molar-refractivity contribution in [2.75, 3.05) is 26.6 Å². The Labute approximate surface area is 156 Å². The van der Waals surface area contributed by atoms with Crippen LogP contribution in [0.1, 0.15) is 5.56 Å². The Hall–Kier alpha value is -2.67. The lowest BCUT2D eigenvalue weighted by Crippen LogP contribution is -2.00. The predicted molar refractivity (Wildman–Crippen MR) is 100 cm³/mol. The normalized spacial score (nSPS) is 10.6. The summed E-state index contributed by atoms with van der Waals surface area (Å²) in [5, 5.41) is 8.66. The molecule has 0 N–H and O–H groups in total. The first kappa shape index (κ1) is 18.1. The third-order valence-corrected chi connectivity index (χ3v) is 4.39. The van der Waals surface area contributed by atoms with Gasteiger partial charge in [0.25, 0.3) is 5.22 Å². The largest absolute Gasteiger partial charge is 0.493 e. The van der Waals surface area contributed by atoms with Crippen LogP contribution in [0.5, 0.6) is 17.2 Å². The van der Waals surface area contributed by atoms with Gasteiger partial charge >= 0.3 is 0 Å². The molecule has 0 aliphatic heterocycles. The van der Waals surface area contributed by atoms with Crippen LogP contribution in [0.4, 0.5) is 0 Å². The van der Waals surface area contributed by atoms with E-state index in [-0.39, 0.29) is 0 Å². The van der Waals surface area contributed by atoms with Crippen molar-refractivity contribution >= 4 is 11.8 Å². The first-order valence-electron chi connectivity index (χ1n) is 8.08. The Morgan fingerprint density at radius 1 is 1.00 bits per heavy atom. The second-order valence-electron chi connectivity index (χ2n) is 5.46. The van der Waals surface area contributed by atoms with Gasteiger partial charge in [-0.2, -0.15) is 0 Å². The van der Waals surface area contributed by atoms with Crippen LogP contribution in [0.25, 0.3) is 11.5 Å². The number of methoxy groups -OCH3 is 2. The summed E-state index contributed by atoms with van der Waals surface area (Å²) >= 11 is 1.46. The van der Waals surface area contributed by atoms with E-state index in [1.807, 2.05) is 43.3 Å². The molecule has 1 aromatic heterocycles. The molecule has 0 fully saturated rings. The number of aromatic nitrogens is 2. The molecule has 0 radical (unpaired) electrons. The molecule has 6 nitrogen and oxygen atoms in total. The minimum atomic E-state index is 0.438. The van der Waals surface area contributed by atoms with E-state index in [1.165, 1.54) is 17.3 Å². The third-order valence-electron chi connectivity index (χ3n) is 3.60. The summed E-state index contributed by atoms with van der Waals surface area (Å²) in [7, 11) is 3.18. The third kappa shape index (κ3) is 4.49. The van der Waals surface area contributed by atoms with Crippen molar-refractivity contribution in [2.24, 2.45) is 0 Å². The Morgan fingerprint density at radius 3 is 2.62 bits per heavy atom.